The minimum absolute atomic E-state index is 0.103. The molecule has 20 heteroatoms. The maximum atomic E-state index is 14.8. The van der Waals surface area contributed by atoms with Crippen molar-refractivity contribution in [1.82, 2.24) is 26.2 Å². The van der Waals surface area contributed by atoms with Gasteiger partial charge in [-0.15, -0.1) is 0 Å². The van der Waals surface area contributed by atoms with Crippen molar-refractivity contribution in [3.63, 3.8) is 0 Å². The van der Waals surface area contributed by atoms with Gasteiger partial charge in [-0.3, -0.25) is 34.2 Å². The van der Waals surface area contributed by atoms with Crippen LogP contribution in [0.25, 0.3) is 22.3 Å². The highest BCUT2D eigenvalue weighted by Gasteiger charge is 2.36. The number of nitrogens with zero attached hydrogens (tertiary/aromatic N) is 1. The standard InChI is InChI=1S/C50H62ClN11O8/c1-28(45(63)43(57)38(56)27-55)58-48(66)40-25-30-7-17-41(69-22-20-53)36(24-30)37-26-34(14-18-42(37)70-23-21-54)44(49(67)59-29(2)46(64)61-40)62(3)50(68)39(6-4-5-19-52)60-47(65)33-10-8-31(9-11-33)32-12-15-35(51)16-13-32/h7-18,24,26,28-29,39-40,44,56-57H,4-6,19-23,25,27,52-55H2,1-3H3,(H,58,66)(H,59,67)(H,60,65)(H,61,64). The van der Waals surface area contributed by atoms with Crippen LogP contribution in [0.4, 0.5) is 0 Å². The summed E-state index contributed by atoms with van der Waals surface area (Å²) in [4.78, 5) is 85.7. The van der Waals surface area contributed by atoms with Gasteiger partial charge in [-0.2, -0.15) is 0 Å². The molecule has 5 amide bonds. The number of carbonyl (C=O) groups excluding carboxylic acids is 6. The molecular weight excluding hydrogens is 918 g/mol. The number of hydrogen-bond acceptors (Lipinski definition) is 14. The van der Waals surface area contributed by atoms with E-state index in [0.717, 1.165) is 11.1 Å². The van der Waals surface area contributed by atoms with E-state index in [0.29, 0.717) is 63.7 Å². The first-order valence-corrected chi connectivity index (χ1v) is 23.3. The number of ether oxygens (including phenoxy) is 2. The maximum absolute atomic E-state index is 14.8. The summed E-state index contributed by atoms with van der Waals surface area (Å²) in [6.07, 6.45) is 1.07. The number of nitrogens with two attached hydrogens (primary N) is 4. The molecule has 0 spiro atoms. The molecule has 0 saturated carbocycles. The quantitative estimate of drug-likeness (QED) is 0.0425. The SMILES string of the molecule is CC1NC(=O)C(N(C)C(=O)C(CCCCN)NC(=O)c2ccc(-c3ccc(Cl)cc3)cc2)c2ccc(OCCN)c(c2)-c2cc(ccc2OCCN)CC(C(=O)NC(C)C(=O)C(=N)C(=N)CN)NC1=O. The van der Waals surface area contributed by atoms with E-state index in [1.807, 2.05) is 12.1 Å². The van der Waals surface area contributed by atoms with E-state index in [2.05, 4.69) is 21.3 Å². The number of benzene rings is 4. The summed E-state index contributed by atoms with van der Waals surface area (Å²) in [5.74, 6) is -3.67. The molecule has 0 aliphatic carbocycles. The Morgan fingerprint density at radius 1 is 0.786 bits per heavy atom. The number of likely N-dealkylation sites (N-methyl/N-ethyl adjacent to an activating group) is 1. The van der Waals surface area contributed by atoms with Crippen molar-refractivity contribution in [1.29, 1.82) is 10.8 Å². The first kappa shape index (κ1) is 53.9. The summed E-state index contributed by atoms with van der Waals surface area (Å²) in [5.41, 5.74) is 25.7. The molecule has 19 nitrogen and oxygen atoms in total. The average Bonchev–Trinajstić information content (AvgIpc) is 3.36. The lowest BCUT2D eigenvalue weighted by Gasteiger charge is -2.33. The number of nitrogens with one attached hydrogen (secondary N) is 6. The van der Waals surface area contributed by atoms with Crippen molar-refractivity contribution < 1.29 is 38.2 Å². The molecule has 70 heavy (non-hydrogen) atoms. The first-order chi connectivity index (χ1) is 33.5. The molecule has 4 aromatic carbocycles. The topological polar surface area (TPSA) is 324 Å². The third-order valence-electron chi connectivity index (χ3n) is 11.6. The molecule has 5 unspecified atom stereocenters. The van der Waals surface area contributed by atoms with E-state index >= 15 is 0 Å². The van der Waals surface area contributed by atoms with Crippen molar-refractivity contribution >= 4 is 58.3 Å². The number of unbranched alkanes of at least 4 members (excludes halogenated alkanes) is 1. The second kappa shape index (κ2) is 25.5. The zero-order valence-corrected chi connectivity index (χ0v) is 40.2. The highest BCUT2D eigenvalue weighted by atomic mass is 35.5. The molecule has 0 saturated heterocycles. The number of ketones is 1. The summed E-state index contributed by atoms with van der Waals surface area (Å²) >= 11 is 6.08. The molecule has 5 rings (SSSR count). The van der Waals surface area contributed by atoms with Crippen LogP contribution in [-0.2, 0) is 30.4 Å². The van der Waals surface area contributed by atoms with E-state index in [9.17, 15) is 28.8 Å². The molecule has 0 fully saturated rings. The van der Waals surface area contributed by atoms with Crippen molar-refractivity contribution in [3.8, 4) is 33.8 Å². The lowest BCUT2D eigenvalue weighted by molar-refractivity contribution is -0.141. The van der Waals surface area contributed by atoms with Gasteiger partial charge in [-0.25, -0.2) is 0 Å². The van der Waals surface area contributed by atoms with Crippen LogP contribution in [0.5, 0.6) is 11.5 Å². The van der Waals surface area contributed by atoms with Crippen LogP contribution in [0.1, 0.15) is 60.6 Å². The fourth-order valence-electron chi connectivity index (χ4n) is 7.75. The summed E-state index contributed by atoms with van der Waals surface area (Å²) in [5, 5.41) is 27.3. The van der Waals surface area contributed by atoms with Gasteiger partial charge in [0.15, 0.2) is 0 Å². The van der Waals surface area contributed by atoms with Gasteiger partial charge in [0.25, 0.3) is 5.91 Å². The third-order valence-corrected chi connectivity index (χ3v) is 11.8. The Morgan fingerprint density at radius 2 is 1.39 bits per heavy atom. The highest BCUT2D eigenvalue weighted by Crippen LogP contribution is 2.40. The number of hydrogen-bond donors (Lipinski definition) is 10. The minimum Gasteiger partial charge on any atom is -0.492 e. The van der Waals surface area contributed by atoms with Crippen LogP contribution in [0.3, 0.4) is 0 Å². The maximum Gasteiger partial charge on any atom is 0.251 e. The van der Waals surface area contributed by atoms with Crippen molar-refractivity contribution in [2.24, 2.45) is 22.9 Å². The fourth-order valence-corrected chi connectivity index (χ4v) is 7.88. The second-order valence-corrected chi connectivity index (χ2v) is 17.2. The number of amides is 5. The Morgan fingerprint density at radius 3 is 1.99 bits per heavy atom. The van der Waals surface area contributed by atoms with Crippen molar-refractivity contribution in [3.05, 3.63) is 107 Å². The van der Waals surface area contributed by atoms with Gasteiger partial charge in [0.05, 0.1) is 11.8 Å². The van der Waals surface area contributed by atoms with Gasteiger partial charge in [0, 0.05) is 54.8 Å². The van der Waals surface area contributed by atoms with Gasteiger partial charge in [0.1, 0.15) is 54.6 Å². The van der Waals surface area contributed by atoms with Crippen LogP contribution < -0.4 is 53.7 Å². The van der Waals surface area contributed by atoms with Crippen LogP contribution >= 0.6 is 11.6 Å². The highest BCUT2D eigenvalue weighted by molar-refractivity contribution is 6.67. The van der Waals surface area contributed by atoms with E-state index in [-0.39, 0.29) is 45.7 Å². The monoisotopic (exact) mass is 979 g/mol. The Kier molecular flexibility index (Phi) is 19.7. The minimum atomic E-state index is -1.43. The van der Waals surface area contributed by atoms with Gasteiger partial charge < -0.3 is 64.0 Å². The molecule has 1 aliphatic rings. The molecule has 14 N–H and O–H groups in total. The molecule has 1 aliphatic heterocycles. The number of halogens is 1. The van der Waals surface area contributed by atoms with E-state index < -0.39 is 77.0 Å². The summed E-state index contributed by atoms with van der Waals surface area (Å²) in [6, 6.07) is 17.7. The molecule has 5 atom stereocenters. The zero-order valence-electron chi connectivity index (χ0n) is 39.4. The van der Waals surface area contributed by atoms with E-state index in [1.165, 1.54) is 25.8 Å². The van der Waals surface area contributed by atoms with Gasteiger partial charge in [0.2, 0.25) is 29.4 Å². The predicted octanol–water partition coefficient (Wildman–Crippen LogP) is 2.39. The molecule has 0 radical (unpaired) electrons. The number of Topliss-reactive ketones (excluding diaryl/α,β-unsaturated/α-hetero) is 1. The zero-order chi connectivity index (χ0) is 51.1. The lowest BCUT2D eigenvalue weighted by atomic mass is 9.93. The molecule has 372 valence electrons. The van der Waals surface area contributed by atoms with Crippen LogP contribution in [0.15, 0.2) is 84.9 Å². The Labute approximate surface area is 411 Å². The van der Waals surface area contributed by atoms with E-state index in [4.69, 9.17) is 54.8 Å². The summed E-state index contributed by atoms with van der Waals surface area (Å²) < 4.78 is 12.2. The second-order valence-electron chi connectivity index (χ2n) is 16.8. The summed E-state index contributed by atoms with van der Waals surface area (Å²) in [6.45, 7) is 3.26. The lowest BCUT2D eigenvalue weighted by Crippen LogP contribution is -2.57. The Hall–Kier alpha value is -7.03. The van der Waals surface area contributed by atoms with Crippen molar-refractivity contribution in [2.45, 2.75) is 69.7 Å². The van der Waals surface area contributed by atoms with Crippen LogP contribution in [-0.4, -0.2) is 122 Å². The summed E-state index contributed by atoms with van der Waals surface area (Å²) in [7, 11) is 1.43. The third kappa shape index (κ3) is 13.8. The van der Waals surface area contributed by atoms with Crippen molar-refractivity contribution in [2.75, 3.05) is 46.4 Å². The molecular formula is C50H62ClN11O8. The molecule has 4 aromatic rings. The predicted molar refractivity (Wildman–Crippen MR) is 268 cm³/mol. The first-order valence-electron chi connectivity index (χ1n) is 22.9. The van der Waals surface area contributed by atoms with Crippen LogP contribution in [0.2, 0.25) is 5.02 Å². The van der Waals surface area contributed by atoms with Crippen LogP contribution in [0, 0.1) is 10.8 Å². The van der Waals surface area contributed by atoms with Gasteiger partial charge >= 0.3 is 0 Å². The smallest absolute Gasteiger partial charge is 0.251 e. The molecule has 1 heterocycles. The molecule has 4 bridgehead atoms. The number of rotatable bonds is 21. The van der Waals surface area contributed by atoms with Gasteiger partial charge in [-0.1, -0.05) is 48.0 Å². The molecule has 0 aromatic heterocycles. The van der Waals surface area contributed by atoms with Gasteiger partial charge in [-0.05, 0) is 110 Å². The largest absolute Gasteiger partial charge is 0.492 e. The average molecular weight is 981 g/mol. The number of carbonyl (C=O) groups is 6. The fraction of sp³-hybridized carbons (Fsp3) is 0.360. The number of fused-ring (bicyclic) bond motifs is 5. The normalized spacial score (nSPS) is 16.5. The van der Waals surface area contributed by atoms with E-state index in [1.54, 1.807) is 72.8 Å². The Bertz CT molecular complexity index is 2560. The Balaban J connectivity index is 1.58.